The average Bonchev–Trinajstić information content (AvgIpc) is 2.16. The van der Waals surface area contributed by atoms with Gasteiger partial charge in [-0.1, -0.05) is 0 Å². The Hall–Kier alpha value is -1.14. The van der Waals surface area contributed by atoms with Gasteiger partial charge in [0.25, 0.3) is 0 Å². The highest BCUT2D eigenvalue weighted by Gasteiger charge is 2.28. The number of morpholine rings is 1. The SMILES string of the molecule is C[C@@H](N)C(=O)N1CCOC(C(N)=O)C1. The molecule has 2 atom stereocenters. The van der Waals surface area contributed by atoms with Crippen molar-refractivity contribution < 1.29 is 14.3 Å². The summed E-state index contributed by atoms with van der Waals surface area (Å²) >= 11 is 0. The van der Waals surface area contributed by atoms with Gasteiger partial charge in [-0.15, -0.1) is 0 Å². The van der Waals surface area contributed by atoms with E-state index >= 15 is 0 Å². The molecule has 1 fully saturated rings. The minimum absolute atomic E-state index is 0.181. The standard InChI is InChI=1S/C8H15N3O3/c1-5(9)8(13)11-2-3-14-6(4-11)7(10)12/h5-6H,2-4,9H2,1H3,(H2,10,12)/t5-,6?/m1/s1. The molecule has 1 heterocycles. The van der Waals surface area contributed by atoms with Crippen molar-refractivity contribution in [2.75, 3.05) is 19.7 Å². The largest absolute Gasteiger partial charge is 0.367 e. The number of nitrogens with two attached hydrogens (primary N) is 2. The molecule has 6 nitrogen and oxygen atoms in total. The first-order valence-electron chi connectivity index (χ1n) is 4.47. The molecule has 80 valence electrons. The molecular formula is C8H15N3O3. The van der Waals surface area contributed by atoms with Crippen LogP contribution in [0.4, 0.5) is 0 Å². The number of rotatable bonds is 2. The summed E-state index contributed by atoms with van der Waals surface area (Å²) < 4.78 is 5.09. The third-order valence-corrected chi connectivity index (χ3v) is 2.08. The van der Waals surface area contributed by atoms with Crippen molar-refractivity contribution in [3.05, 3.63) is 0 Å². The molecule has 1 rings (SSSR count). The number of nitrogens with zero attached hydrogens (tertiary/aromatic N) is 1. The number of carbonyl (C=O) groups is 2. The summed E-state index contributed by atoms with van der Waals surface area (Å²) in [5, 5.41) is 0. The molecule has 0 radical (unpaired) electrons. The molecule has 0 spiro atoms. The maximum absolute atomic E-state index is 11.5. The molecule has 4 N–H and O–H groups in total. The van der Waals surface area contributed by atoms with E-state index in [-0.39, 0.29) is 12.5 Å². The Morgan fingerprint density at radius 2 is 2.21 bits per heavy atom. The number of hydrogen-bond acceptors (Lipinski definition) is 4. The van der Waals surface area contributed by atoms with Gasteiger partial charge in [0.15, 0.2) is 6.10 Å². The summed E-state index contributed by atoms with van der Waals surface area (Å²) in [6.07, 6.45) is -0.702. The molecule has 0 saturated carbocycles. The highest BCUT2D eigenvalue weighted by Crippen LogP contribution is 2.05. The fourth-order valence-corrected chi connectivity index (χ4v) is 1.31. The summed E-state index contributed by atoms with van der Waals surface area (Å²) in [4.78, 5) is 23.8. The molecule has 0 aromatic heterocycles. The van der Waals surface area contributed by atoms with Gasteiger partial charge in [-0.3, -0.25) is 9.59 Å². The molecule has 1 unspecified atom stereocenters. The number of carbonyl (C=O) groups excluding carboxylic acids is 2. The van der Waals surface area contributed by atoms with E-state index in [9.17, 15) is 9.59 Å². The van der Waals surface area contributed by atoms with Crippen LogP contribution < -0.4 is 11.5 Å². The Bertz CT molecular complexity index is 242. The fourth-order valence-electron chi connectivity index (χ4n) is 1.31. The van der Waals surface area contributed by atoms with E-state index in [0.29, 0.717) is 13.2 Å². The minimum Gasteiger partial charge on any atom is -0.367 e. The number of hydrogen-bond donors (Lipinski definition) is 2. The maximum Gasteiger partial charge on any atom is 0.248 e. The second-order valence-electron chi connectivity index (χ2n) is 3.33. The number of ether oxygens (including phenoxy) is 1. The van der Waals surface area contributed by atoms with Crippen molar-refractivity contribution >= 4 is 11.8 Å². The van der Waals surface area contributed by atoms with E-state index in [0.717, 1.165) is 0 Å². The van der Waals surface area contributed by atoms with Crippen LogP contribution in [-0.4, -0.2) is 48.6 Å². The van der Waals surface area contributed by atoms with E-state index in [4.69, 9.17) is 16.2 Å². The van der Waals surface area contributed by atoms with E-state index in [1.807, 2.05) is 0 Å². The Balaban J connectivity index is 2.56. The van der Waals surface area contributed by atoms with E-state index < -0.39 is 18.1 Å². The van der Waals surface area contributed by atoms with Gasteiger partial charge >= 0.3 is 0 Å². The fraction of sp³-hybridized carbons (Fsp3) is 0.750. The molecular weight excluding hydrogens is 186 g/mol. The van der Waals surface area contributed by atoms with Crippen LogP contribution in [-0.2, 0) is 14.3 Å². The van der Waals surface area contributed by atoms with Crippen molar-refractivity contribution in [3.8, 4) is 0 Å². The van der Waals surface area contributed by atoms with Crippen LogP contribution in [0.15, 0.2) is 0 Å². The Labute approximate surface area is 82.2 Å². The third-order valence-electron chi connectivity index (χ3n) is 2.08. The van der Waals surface area contributed by atoms with E-state index in [1.54, 1.807) is 6.92 Å². The molecule has 14 heavy (non-hydrogen) atoms. The topological polar surface area (TPSA) is 98.7 Å². The smallest absolute Gasteiger partial charge is 0.248 e. The van der Waals surface area contributed by atoms with Gasteiger partial charge in [-0.25, -0.2) is 0 Å². The zero-order valence-electron chi connectivity index (χ0n) is 8.10. The van der Waals surface area contributed by atoms with Gasteiger partial charge < -0.3 is 21.1 Å². The van der Waals surface area contributed by atoms with Crippen molar-refractivity contribution in [1.29, 1.82) is 0 Å². The second kappa shape index (κ2) is 4.39. The van der Waals surface area contributed by atoms with Gasteiger partial charge in [0.2, 0.25) is 11.8 Å². The first-order valence-corrected chi connectivity index (χ1v) is 4.47. The molecule has 6 heteroatoms. The quantitative estimate of drug-likeness (QED) is 0.542. The lowest BCUT2D eigenvalue weighted by Crippen LogP contribution is -2.53. The number of amides is 2. The average molecular weight is 201 g/mol. The predicted octanol–water partition coefficient (Wildman–Crippen LogP) is -1.95. The second-order valence-corrected chi connectivity index (χ2v) is 3.33. The summed E-state index contributed by atoms with van der Waals surface area (Å²) in [5.74, 6) is -0.730. The Morgan fingerprint density at radius 1 is 1.57 bits per heavy atom. The van der Waals surface area contributed by atoms with Crippen LogP contribution in [0.5, 0.6) is 0 Å². The highest BCUT2D eigenvalue weighted by molar-refractivity contribution is 5.83. The normalized spacial score (nSPS) is 24.4. The highest BCUT2D eigenvalue weighted by atomic mass is 16.5. The van der Waals surface area contributed by atoms with Crippen LogP contribution in [0, 0.1) is 0 Å². The summed E-state index contributed by atoms with van der Waals surface area (Å²) in [7, 11) is 0. The molecule has 1 aliphatic rings. The first kappa shape index (κ1) is 10.9. The minimum atomic E-state index is -0.702. The lowest BCUT2D eigenvalue weighted by atomic mass is 10.2. The Kier molecular flexibility index (Phi) is 3.43. The summed E-state index contributed by atoms with van der Waals surface area (Å²) in [5.41, 5.74) is 10.5. The maximum atomic E-state index is 11.5. The molecule has 1 aliphatic heterocycles. The predicted molar refractivity (Wildman–Crippen MR) is 49.2 cm³/mol. The van der Waals surface area contributed by atoms with Crippen LogP contribution in [0.25, 0.3) is 0 Å². The van der Waals surface area contributed by atoms with E-state index in [2.05, 4.69) is 0 Å². The summed E-state index contributed by atoms with van der Waals surface area (Å²) in [6, 6.07) is -0.554. The molecule has 2 amide bonds. The molecule has 1 saturated heterocycles. The monoisotopic (exact) mass is 201 g/mol. The van der Waals surface area contributed by atoms with Crippen molar-refractivity contribution in [3.63, 3.8) is 0 Å². The molecule has 0 aromatic rings. The molecule has 0 aliphatic carbocycles. The lowest BCUT2D eigenvalue weighted by molar-refractivity contribution is -0.146. The van der Waals surface area contributed by atoms with Gasteiger partial charge in [0.05, 0.1) is 19.2 Å². The van der Waals surface area contributed by atoms with Crippen molar-refractivity contribution in [2.45, 2.75) is 19.1 Å². The lowest BCUT2D eigenvalue weighted by Gasteiger charge is -2.32. The number of primary amides is 1. The zero-order chi connectivity index (χ0) is 10.7. The van der Waals surface area contributed by atoms with Crippen LogP contribution >= 0.6 is 0 Å². The van der Waals surface area contributed by atoms with Gasteiger partial charge in [0.1, 0.15) is 0 Å². The molecule has 0 bridgehead atoms. The van der Waals surface area contributed by atoms with Crippen LogP contribution in [0.3, 0.4) is 0 Å². The summed E-state index contributed by atoms with van der Waals surface area (Å²) in [6.45, 7) is 2.60. The van der Waals surface area contributed by atoms with Crippen LogP contribution in [0.1, 0.15) is 6.92 Å². The van der Waals surface area contributed by atoms with Gasteiger partial charge in [-0.05, 0) is 6.92 Å². The van der Waals surface area contributed by atoms with Crippen molar-refractivity contribution in [1.82, 2.24) is 4.90 Å². The third kappa shape index (κ3) is 2.43. The zero-order valence-corrected chi connectivity index (χ0v) is 8.10. The van der Waals surface area contributed by atoms with Gasteiger partial charge in [0, 0.05) is 6.54 Å². The van der Waals surface area contributed by atoms with Crippen LogP contribution in [0.2, 0.25) is 0 Å². The van der Waals surface area contributed by atoms with Gasteiger partial charge in [-0.2, -0.15) is 0 Å². The first-order chi connectivity index (χ1) is 6.52. The Morgan fingerprint density at radius 3 is 2.71 bits per heavy atom. The van der Waals surface area contributed by atoms with Crippen molar-refractivity contribution in [2.24, 2.45) is 11.5 Å². The van der Waals surface area contributed by atoms with E-state index in [1.165, 1.54) is 4.90 Å². The molecule has 0 aromatic carbocycles.